The highest BCUT2D eigenvalue weighted by Gasteiger charge is 2.25. The van der Waals surface area contributed by atoms with Crippen molar-refractivity contribution in [1.29, 1.82) is 0 Å². The van der Waals surface area contributed by atoms with E-state index in [0.29, 0.717) is 24.6 Å². The predicted octanol–water partition coefficient (Wildman–Crippen LogP) is 3.28. The predicted molar refractivity (Wildman–Crippen MR) is 69.4 cm³/mol. The fourth-order valence-corrected chi connectivity index (χ4v) is 1.70. The van der Waals surface area contributed by atoms with Crippen LogP contribution >= 0.6 is 0 Å². The Morgan fingerprint density at radius 3 is 2.26 bits per heavy atom. The van der Waals surface area contributed by atoms with Gasteiger partial charge in [0.1, 0.15) is 17.5 Å². The van der Waals surface area contributed by atoms with Crippen molar-refractivity contribution in [3.8, 4) is 0 Å². The van der Waals surface area contributed by atoms with Crippen LogP contribution in [0.5, 0.6) is 0 Å². The lowest BCUT2D eigenvalue weighted by Crippen LogP contribution is -2.11. The third-order valence-corrected chi connectivity index (χ3v) is 2.67. The van der Waals surface area contributed by atoms with Crippen LogP contribution in [0.3, 0.4) is 0 Å². The first-order valence-electron chi connectivity index (χ1n) is 6.17. The monoisotopic (exact) mass is 276 g/mol. The first-order chi connectivity index (χ1) is 8.83. The van der Waals surface area contributed by atoms with Gasteiger partial charge in [0.25, 0.3) is 0 Å². The van der Waals surface area contributed by atoms with Crippen LogP contribution in [-0.2, 0) is 0 Å². The fourth-order valence-electron chi connectivity index (χ4n) is 1.70. The Kier molecular flexibility index (Phi) is 5.38. The second kappa shape index (κ2) is 6.58. The molecule has 0 aliphatic heterocycles. The number of halogens is 3. The highest BCUT2D eigenvalue weighted by molar-refractivity contribution is 5.56. The Morgan fingerprint density at radius 2 is 1.68 bits per heavy atom. The molecule has 0 unspecified atom stereocenters. The Morgan fingerprint density at radius 1 is 1.05 bits per heavy atom. The number of nitrogens with one attached hydrogen (secondary N) is 2. The van der Waals surface area contributed by atoms with Gasteiger partial charge in [-0.05, 0) is 26.7 Å². The highest BCUT2D eigenvalue weighted by Crippen LogP contribution is 2.23. The summed E-state index contributed by atoms with van der Waals surface area (Å²) in [5.41, 5.74) is 0.865. The van der Waals surface area contributed by atoms with E-state index >= 15 is 0 Å². The van der Waals surface area contributed by atoms with Crippen molar-refractivity contribution in [3.05, 3.63) is 11.4 Å². The summed E-state index contributed by atoms with van der Waals surface area (Å²) in [6.45, 7) is 4.11. The fraction of sp³-hybridized carbons (Fsp3) is 0.667. The number of hydrogen-bond acceptors (Lipinski definition) is 4. The molecule has 0 bridgehead atoms. The number of aryl methyl sites for hydroxylation is 1. The summed E-state index contributed by atoms with van der Waals surface area (Å²) in [6, 6.07) is 0. The van der Waals surface area contributed by atoms with Gasteiger partial charge in [-0.25, -0.2) is 9.97 Å². The van der Waals surface area contributed by atoms with Gasteiger partial charge in [-0.15, -0.1) is 0 Å². The molecular weight excluding hydrogens is 257 g/mol. The van der Waals surface area contributed by atoms with Crippen LogP contribution < -0.4 is 10.6 Å². The number of alkyl halides is 3. The van der Waals surface area contributed by atoms with Crippen molar-refractivity contribution in [2.75, 3.05) is 24.2 Å². The first-order valence-corrected chi connectivity index (χ1v) is 6.17. The molecule has 0 aliphatic carbocycles. The first kappa shape index (κ1) is 15.5. The van der Waals surface area contributed by atoms with E-state index < -0.39 is 12.6 Å². The van der Waals surface area contributed by atoms with Crippen molar-refractivity contribution >= 4 is 11.6 Å². The van der Waals surface area contributed by atoms with Gasteiger partial charge >= 0.3 is 6.18 Å². The molecule has 0 fully saturated rings. The standard InChI is InChI=1S/C12H19F3N4/c1-8-10(16-3)18-9(2)19-11(8)17-7-5-4-6-12(13,14)15/h4-7H2,1-3H3,(H2,16,17,18,19). The maximum absolute atomic E-state index is 12.0. The number of aromatic nitrogens is 2. The molecular formula is C12H19F3N4. The molecule has 0 atom stereocenters. The van der Waals surface area contributed by atoms with E-state index in [2.05, 4.69) is 20.6 Å². The Bertz CT molecular complexity index is 418. The molecule has 0 saturated heterocycles. The largest absolute Gasteiger partial charge is 0.389 e. The minimum absolute atomic E-state index is 0.124. The molecule has 4 nitrogen and oxygen atoms in total. The zero-order chi connectivity index (χ0) is 14.5. The molecule has 1 aromatic rings. The van der Waals surface area contributed by atoms with Gasteiger partial charge in [0.2, 0.25) is 0 Å². The van der Waals surface area contributed by atoms with Gasteiger partial charge < -0.3 is 10.6 Å². The Hall–Kier alpha value is -1.53. The minimum atomic E-state index is -4.07. The molecule has 0 radical (unpaired) electrons. The highest BCUT2D eigenvalue weighted by atomic mass is 19.4. The van der Waals surface area contributed by atoms with Crippen LogP contribution in [-0.4, -0.2) is 29.7 Å². The van der Waals surface area contributed by atoms with E-state index in [-0.39, 0.29) is 6.42 Å². The van der Waals surface area contributed by atoms with Crippen molar-refractivity contribution in [2.45, 2.75) is 39.3 Å². The van der Waals surface area contributed by atoms with Gasteiger partial charge in [-0.2, -0.15) is 13.2 Å². The van der Waals surface area contributed by atoms with E-state index in [1.165, 1.54) is 0 Å². The SMILES string of the molecule is CNc1nc(C)nc(NCCCCC(F)(F)F)c1C. The van der Waals surface area contributed by atoms with Crippen molar-refractivity contribution in [2.24, 2.45) is 0 Å². The molecule has 2 N–H and O–H groups in total. The average molecular weight is 276 g/mol. The Balaban J connectivity index is 2.47. The number of hydrogen-bond donors (Lipinski definition) is 2. The lowest BCUT2D eigenvalue weighted by Gasteiger charge is -2.12. The van der Waals surface area contributed by atoms with Gasteiger partial charge in [-0.3, -0.25) is 0 Å². The van der Waals surface area contributed by atoms with E-state index in [4.69, 9.17) is 0 Å². The quantitative estimate of drug-likeness (QED) is 0.783. The maximum Gasteiger partial charge on any atom is 0.389 e. The van der Waals surface area contributed by atoms with Crippen LogP contribution in [0.4, 0.5) is 24.8 Å². The van der Waals surface area contributed by atoms with Crippen molar-refractivity contribution in [3.63, 3.8) is 0 Å². The van der Waals surface area contributed by atoms with Crippen molar-refractivity contribution in [1.82, 2.24) is 9.97 Å². The van der Waals surface area contributed by atoms with Gasteiger partial charge in [0.05, 0.1) is 0 Å². The normalized spacial score (nSPS) is 11.5. The van der Waals surface area contributed by atoms with E-state index in [9.17, 15) is 13.2 Å². The van der Waals surface area contributed by atoms with E-state index in [1.54, 1.807) is 14.0 Å². The van der Waals surface area contributed by atoms with Crippen LogP contribution in [0.1, 0.15) is 30.7 Å². The molecule has 0 aromatic carbocycles. The smallest absolute Gasteiger partial charge is 0.373 e. The van der Waals surface area contributed by atoms with Crippen LogP contribution in [0, 0.1) is 13.8 Å². The number of anilines is 2. The molecule has 1 rings (SSSR count). The molecule has 1 aromatic heterocycles. The topological polar surface area (TPSA) is 49.8 Å². The summed E-state index contributed by atoms with van der Waals surface area (Å²) in [5.74, 6) is 2.02. The molecule has 108 valence electrons. The molecule has 0 saturated carbocycles. The van der Waals surface area contributed by atoms with Gasteiger partial charge in [0, 0.05) is 25.6 Å². The maximum atomic E-state index is 12.0. The van der Waals surface area contributed by atoms with Crippen LogP contribution in [0.2, 0.25) is 0 Å². The second-order valence-corrected chi connectivity index (χ2v) is 4.34. The zero-order valence-electron chi connectivity index (χ0n) is 11.4. The lowest BCUT2D eigenvalue weighted by atomic mass is 10.2. The zero-order valence-corrected chi connectivity index (χ0v) is 11.4. The van der Waals surface area contributed by atoms with E-state index in [0.717, 1.165) is 11.4 Å². The third kappa shape index (κ3) is 5.32. The average Bonchev–Trinajstić information content (AvgIpc) is 2.31. The summed E-state index contributed by atoms with van der Waals surface area (Å²) in [6.07, 6.45) is -4.23. The van der Waals surface area contributed by atoms with Gasteiger partial charge in [0.15, 0.2) is 0 Å². The second-order valence-electron chi connectivity index (χ2n) is 4.34. The number of rotatable bonds is 6. The summed E-state index contributed by atoms with van der Waals surface area (Å²) in [4.78, 5) is 8.46. The van der Waals surface area contributed by atoms with E-state index in [1.807, 2.05) is 6.92 Å². The summed E-state index contributed by atoms with van der Waals surface area (Å²) >= 11 is 0. The summed E-state index contributed by atoms with van der Waals surface area (Å²) in [7, 11) is 1.77. The van der Waals surface area contributed by atoms with Crippen LogP contribution in [0.15, 0.2) is 0 Å². The Labute approximate surface area is 110 Å². The van der Waals surface area contributed by atoms with Crippen molar-refractivity contribution < 1.29 is 13.2 Å². The molecule has 7 heteroatoms. The van der Waals surface area contributed by atoms with Crippen LogP contribution in [0.25, 0.3) is 0 Å². The molecule has 1 heterocycles. The third-order valence-electron chi connectivity index (χ3n) is 2.67. The number of nitrogens with zero attached hydrogens (tertiary/aromatic N) is 2. The number of unbranched alkanes of at least 4 members (excludes halogenated alkanes) is 1. The minimum Gasteiger partial charge on any atom is -0.373 e. The lowest BCUT2D eigenvalue weighted by molar-refractivity contribution is -0.135. The van der Waals surface area contributed by atoms with Gasteiger partial charge in [-0.1, -0.05) is 0 Å². The molecule has 0 spiro atoms. The summed E-state index contributed by atoms with van der Waals surface area (Å²) < 4.78 is 35.9. The summed E-state index contributed by atoms with van der Waals surface area (Å²) in [5, 5.41) is 6.01. The molecule has 0 amide bonds. The molecule has 19 heavy (non-hydrogen) atoms. The molecule has 0 aliphatic rings.